The highest BCUT2D eigenvalue weighted by molar-refractivity contribution is 7.99. The van der Waals surface area contributed by atoms with Crippen molar-refractivity contribution in [2.45, 2.75) is 31.2 Å². The predicted molar refractivity (Wildman–Crippen MR) is 106 cm³/mol. The van der Waals surface area contributed by atoms with Gasteiger partial charge in [0.05, 0.1) is 11.5 Å². The third kappa shape index (κ3) is 5.62. The molecule has 1 amide bonds. The summed E-state index contributed by atoms with van der Waals surface area (Å²) in [4.78, 5) is 35.8. The van der Waals surface area contributed by atoms with Crippen LogP contribution >= 0.6 is 11.8 Å². The van der Waals surface area contributed by atoms with Crippen molar-refractivity contribution in [2.75, 3.05) is 5.75 Å². The van der Waals surface area contributed by atoms with E-state index in [1.54, 1.807) is 12.1 Å². The molecule has 0 atom stereocenters. The maximum Gasteiger partial charge on any atom is 0.346 e. The summed E-state index contributed by atoms with van der Waals surface area (Å²) in [5.74, 6) is -0.849. The van der Waals surface area contributed by atoms with Gasteiger partial charge in [0.15, 0.2) is 5.03 Å². The Bertz CT molecular complexity index is 982. The number of hydrogen-bond donors (Lipinski definition) is 1. The maximum absolute atomic E-state index is 13.1. The standard InChI is InChI=1S/C18H22FN5O3S/c1-4-5-6-14(12-7-9-13(19)10-8-12)20-21-15(25)11-28-16-17(26)23(2)18(27)24(3)22-16/h7-10H,4-6,11H2,1-3H3,(H,21,25)/b20-14-. The highest BCUT2D eigenvalue weighted by atomic mass is 32.2. The molecule has 1 aromatic heterocycles. The Kier molecular flexibility index (Phi) is 7.68. The molecular weight excluding hydrogens is 385 g/mol. The molecule has 0 saturated heterocycles. The summed E-state index contributed by atoms with van der Waals surface area (Å²) in [7, 11) is 2.78. The molecule has 0 aliphatic heterocycles. The number of aryl methyl sites for hydroxylation is 1. The predicted octanol–water partition coefficient (Wildman–Crippen LogP) is 1.42. The molecule has 1 heterocycles. The van der Waals surface area contributed by atoms with Crippen LogP contribution in [0, 0.1) is 5.82 Å². The first-order valence-electron chi connectivity index (χ1n) is 8.72. The topological polar surface area (TPSA) is 98.3 Å². The average Bonchev–Trinajstić information content (AvgIpc) is 2.69. The fourth-order valence-electron chi connectivity index (χ4n) is 2.31. The van der Waals surface area contributed by atoms with E-state index in [4.69, 9.17) is 0 Å². The van der Waals surface area contributed by atoms with Crippen molar-refractivity contribution in [3.05, 3.63) is 56.5 Å². The normalized spacial score (nSPS) is 11.5. The van der Waals surface area contributed by atoms with E-state index < -0.39 is 17.2 Å². The van der Waals surface area contributed by atoms with E-state index in [9.17, 15) is 18.8 Å². The molecule has 0 spiro atoms. The lowest BCUT2D eigenvalue weighted by atomic mass is 10.1. The van der Waals surface area contributed by atoms with Gasteiger partial charge in [-0.25, -0.2) is 19.3 Å². The van der Waals surface area contributed by atoms with Gasteiger partial charge in [0.1, 0.15) is 5.82 Å². The number of aromatic nitrogens is 3. The van der Waals surface area contributed by atoms with Gasteiger partial charge in [-0.3, -0.25) is 14.2 Å². The highest BCUT2D eigenvalue weighted by Gasteiger charge is 2.12. The third-order valence-electron chi connectivity index (χ3n) is 3.89. The molecule has 150 valence electrons. The third-order valence-corrected chi connectivity index (χ3v) is 4.83. The molecule has 0 fully saturated rings. The number of thioether (sulfide) groups is 1. The van der Waals surface area contributed by atoms with Crippen LogP contribution in [0.15, 0.2) is 44.0 Å². The smallest absolute Gasteiger partial charge is 0.272 e. The van der Waals surface area contributed by atoms with Gasteiger partial charge in [-0.1, -0.05) is 37.2 Å². The summed E-state index contributed by atoms with van der Waals surface area (Å²) in [5.41, 5.74) is 2.75. The molecule has 0 bridgehead atoms. The minimum atomic E-state index is -0.556. The molecule has 0 aliphatic carbocycles. The minimum absolute atomic E-state index is 0.0495. The lowest BCUT2D eigenvalue weighted by molar-refractivity contribution is -0.118. The zero-order valence-corrected chi connectivity index (χ0v) is 16.8. The fraction of sp³-hybridized carbons (Fsp3) is 0.389. The average molecular weight is 407 g/mol. The fourth-order valence-corrected chi connectivity index (χ4v) is 3.08. The van der Waals surface area contributed by atoms with Crippen molar-refractivity contribution < 1.29 is 9.18 Å². The maximum atomic E-state index is 13.1. The van der Waals surface area contributed by atoms with Gasteiger partial charge in [0, 0.05) is 14.1 Å². The number of amides is 1. The summed E-state index contributed by atoms with van der Waals surface area (Å²) in [6.45, 7) is 2.04. The number of halogens is 1. The van der Waals surface area contributed by atoms with Crippen LogP contribution < -0.4 is 16.7 Å². The van der Waals surface area contributed by atoms with Crippen molar-refractivity contribution in [1.29, 1.82) is 0 Å². The van der Waals surface area contributed by atoms with E-state index in [1.165, 1.54) is 26.2 Å². The van der Waals surface area contributed by atoms with Crippen molar-refractivity contribution in [3.63, 3.8) is 0 Å². The molecule has 10 heteroatoms. The van der Waals surface area contributed by atoms with Crippen LogP contribution in [0.4, 0.5) is 4.39 Å². The van der Waals surface area contributed by atoms with E-state index >= 15 is 0 Å². The van der Waals surface area contributed by atoms with Gasteiger partial charge < -0.3 is 0 Å². The zero-order chi connectivity index (χ0) is 20.7. The largest absolute Gasteiger partial charge is 0.346 e. The highest BCUT2D eigenvalue weighted by Crippen LogP contribution is 2.11. The van der Waals surface area contributed by atoms with Crippen LogP contribution in [0.3, 0.4) is 0 Å². The Labute approximate surface area is 165 Å². The number of nitrogens with one attached hydrogen (secondary N) is 1. The van der Waals surface area contributed by atoms with Crippen molar-refractivity contribution in [2.24, 2.45) is 19.2 Å². The summed E-state index contributed by atoms with van der Waals surface area (Å²) in [5, 5.41) is 8.10. The molecule has 2 aromatic rings. The van der Waals surface area contributed by atoms with Crippen LogP contribution in [0.1, 0.15) is 31.7 Å². The molecular formula is C18H22FN5O3S. The number of carbonyl (C=O) groups is 1. The van der Waals surface area contributed by atoms with E-state index in [1.807, 2.05) is 6.92 Å². The van der Waals surface area contributed by atoms with Gasteiger partial charge >= 0.3 is 5.69 Å². The second-order valence-corrected chi connectivity index (χ2v) is 7.03. The number of benzene rings is 1. The lowest BCUT2D eigenvalue weighted by Crippen LogP contribution is -2.39. The summed E-state index contributed by atoms with van der Waals surface area (Å²) < 4.78 is 15.1. The molecule has 1 aromatic carbocycles. The van der Waals surface area contributed by atoms with Crippen molar-refractivity contribution >= 4 is 23.4 Å². The van der Waals surface area contributed by atoms with Crippen LogP contribution in [-0.4, -0.2) is 31.7 Å². The van der Waals surface area contributed by atoms with Crippen LogP contribution in [0.25, 0.3) is 0 Å². The van der Waals surface area contributed by atoms with Crippen LogP contribution in [0.5, 0.6) is 0 Å². The van der Waals surface area contributed by atoms with E-state index in [2.05, 4.69) is 15.6 Å². The van der Waals surface area contributed by atoms with Gasteiger partial charge in [-0.15, -0.1) is 0 Å². The molecule has 0 aliphatic rings. The Hall–Kier alpha value is -2.75. The first-order chi connectivity index (χ1) is 13.3. The second kappa shape index (κ2) is 9.98. The number of nitrogens with zero attached hydrogens (tertiary/aromatic N) is 4. The van der Waals surface area contributed by atoms with Crippen molar-refractivity contribution in [3.8, 4) is 0 Å². The van der Waals surface area contributed by atoms with E-state index in [0.29, 0.717) is 12.1 Å². The second-order valence-electron chi connectivity index (χ2n) is 6.07. The quantitative estimate of drug-likeness (QED) is 0.405. The summed E-state index contributed by atoms with van der Waals surface area (Å²) >= 11 is 0.924. The Morgan fingerprint density at radius 3 is 2.57 bits per heavy atom. The van der Waals surface area contributed by atoms with E-state index in [0.717, 1.165) is 39.4 Å². The molecule has 0 unspecified atom stereocenters. The first-order valence-corrected chi connectivity index (χ1v) is 9.70. The molecule has 28 heavy (non-hydrogen) atoms. The van der Waals surface area contributed by atoms with Gasteiger partial charge in [0.2, 0.25) is 5.91 Å². The number of rotatable bonds is 8. The van der Waals surface area contributed by atoms with Crippen LogP contribution in [0.2, 0.25) is 0 Å². The zero-order valence-electron chi connectivity index (χ0n) is 15.9. The number of hydrogen-bond acceptors (Lipinski definition) is 6. The number of hydrazone groups is 1. The molecule has 2 rings (SSSR count). The molecule has 1 N–H and O–H groups in total. The molecule has 8 nitrogen and oxygen atoms in total. The Morgan fingerprint density at radius 1 is 1.25 bits per heavy atom. The molecule has 0 saturated carbocycles. The first kappa shape index (κ1) is 21.5. The van der Waals surface area contributed by atoms with Crippen LogP contribution in [-0.2, 0) is 18.9 Å². The Balaban J connectivity index is 2.07. The lowest BCUT2D eigenvalue weighted by Gasteiger charge is -2.08. The SMILES string of the molecule is CCCC/C(=N/NC(=O)CSc1nn(C)c(=O)n(C)c1=O)c1ccc(F)cc1. The monoisotopic (exact) mass is 407 g/mol. The minimum Gasteiger partial charge on any atom is -0.272 e. The van der Waals surface area contributed by atoms with Gasteiger partial charge in [-0.2, -0.15) is 10.2 Å². The summed E-state index contributed by atoms with van der Waals surface area (Å²) in [6.07, 6.45) is 2.46. The number of carbonyl (C=O) groups excluding carboxylic acids is 1. The summed E-state index contributed by atoms with van der Waals surface area (Å²) in [6, 6.07) is 5.91. The van der Waals surface area contributed by atoms with Gasteiger partial charge in [0.25, 0.3) is 5.56 Å². The Morgan fingerprint density at radius 2 is 1.93 bits per heavy atom. The molecule has 0 radical (unpaired) electrons. The van der Waals surface area contributed by atoms with Crippen molar-refractivity contribution in [1.82, 2.24) is 19.8 Å². The van der Waals surface area contributed by atoms with Gasteiger partial charge in [-0.05, 0) is 30.5 Å². The number of unbranched alkanes of at least 4 members (excludes halogenated alkanes) is 1. The van der Waals surface area contributed by atoms with E-state index in [-0.39, 0.29) is 16.6 Å².